The van der Waals surface area contributed by atoms with E-state index >= 15 is 0 Å². The Bertz CT molecular complexity index is 1000. The van der Waals surface area contributed by atoms with Gasteiger partial charge in [-0.3, -0.25) is 0 Å². The molecule has 0 N–H and O–H groups in total. The van der Waals surface area contributed by atoms with Gasteiger partial charge in [-0.2, -0.15) is 9.57 Å². The fourth-order valence-electron chi connectivity index (χ4n) is 3.12. The summed E-state index contributed by atoms with van der Waals surface area (Å²) in [5.41, 5.74) is 1.41. The van der Waals surface area contributed by atoms with Gasteiger partial charge in [0, 0.05) is 37.9 Å². The first-order valence-electron chi connectivity index (χ1n) is 8.80. The van der Waals surface area contributed by atoms with Crippen LogP contribution in [-0.4, -0.2) is 45.3 Å². The molecule has 0 atom stereocenters. The summed E-state index contributed by atoms with van der Waals surface area (Å²) in [5, 5.41) is 8.89. The fourth-order valence-corrected chi connectivity index (χ4v) is 4.63. The Balaban J connectivity index is 1.75. The van der Waals surface area contributed by atoms with Crippen LogP contribution in [0.5, 0.6) is 5.75 Å². The lowest BCUT2D eigenvalue weighted by Crippen LogP contribution is -2.35. The SMILES string of the molecule is N#Cc1ccc(N2CCCN(S(=O)(=O)c3cccc(OC(F)(F)F)c3)CC2)cc1. The minimum absolute atomic E-state index is 0.187. The normalized spacial score (nSPS) is 16.1. The average molecular weight is 425 g/mol. The van der Waals surface area contributed by atoms with E-state index in [2.05, 4.69) is 4.74 Å². The third-order valence-corrected chi connectivity index (χ3v) is 6.39. The first-order chi connectivity index (χ1) is 13.7. The maximum atomic E-state index is 12.9. The van der Waals surface area contributed by atoms with E-state index in [0.717, 1.165) is 17.8 Å². The topological polar surface area (TPSA) is 73.6 Å². The summed E-state index contributed by atoms with van der Waals surface area (Å²) in [4.78, 5) is 1.77. The van der Waals surface area contributed by atoms with Gasteiger partial charge in [0.05, 0.1) is 16.5 Å². The van der Waals surface area contributed by atoms with Crippen LogP contribution in [0.25, 0.3) is 0 Å². The number of hydrogen-bond acceptors (Lipinski definition) is 5. The zero-order valence-electron chi connectivity index (χ0n) is 15.3. The number of sulfonamides is 1. The lowest BCUT2D eigenvalue weighted by Gasteiger charge is -2.23. The van der Waals surface area contributed by atoms with Gasteiger partial charge in [-0.1, -0.05) is 6.07 Å². The second-order valence-corrected chi connectivity index (χ2v) is 8.36. The second-order valence-electron chi connectivity index (χ2n) is 6.43. The highest BCUT2D eigenvalue weighted by atomic mass is 32.2. The Morgan fingerprint density at radius 3 is 2.38 bits per heavy atom. The summed E-state index contributed by atoms with van der Waals surface area (Å²) in [7, 11) is -3.96. The molecule has 0 bridgehead atoms. The van der Waals surface area contributed by atoms with Crippen molar-refractivity contribution >= 4 is 15.7 Å². The summed E-state index contributed by atoms with van der Waals surface area (Å²) in [6.45, 7) is 1.48. The quantitative estimate of drug-likeness (QED) is 0.751. The van der Waals surface area contributed by atoms with Gasteiger partial charge in [-0.15, -0.1) is 13.2 Å². The fraction of sp³-hybridized carbons (Fsp3) is 0.316. The standard InChI is InChI=1S/C19H18F3N3O3S/c20-19(21,22)28-17-3-1-4-18(13-17)29(26,27)25-10-2-9-24(11-12-25)16-7-5-15(14-23)6-8-16/h1,3-8,13H,2,9-12H2. The van der Waals surface area contributed by atoms with E-state index in [1.807, 2.05) is 11.0 Å². The zero-order valence-corrected chi connectivity index (χ0v) is 16.1. The molecular weight excluding hydrogens is 407 g/mol. The molecule has 1 aliphatic rings. The summed E-state index contributed by atoms with van der Waals surface area (Å²) in [6, 6.07) is 13.5. The van der Waals surface area contributed by atoms with E-state index in [-0.39, 0.29) is 18.0 Å². The van der Waals surface area contributed by atoms with Gasteiger partial charge in [0.25, 0.3) is 0 Å². The molecule has 0 amide bonds. The molecule has 1 aliphatic heterocycles. The lowest BCUT2D eigenvalue weighted by molar-refractivity contribution is -0.274. The van der Waals surface area contributed by atoms with Gasteiger partial charge in [0.1, 0.15) is 5.75 Å². The van der Waals surface area contributed by atoms with Crippen molar-refractivity contribution < 1.29 is 26.3 Å². The predicted octanol–water partition coefficient (Wildman–Crippen LogP) is 3.36. The van der Waals surface area contributed by atoms with Crippen LogP contribution in [0.2, 0.25) is 0 Å². The molecule has 10 heteroatoms. The van der Waals surface area contributed by atoms with Gasteiger partial charge in [-0.25, -0.2) is 8.42 Å². The van der Waals surface area contributed by atoms with Crippen molar-refractivity contribution in [2.75, 3.05) is 31.1 Å². The van der Waals surface area contributed by atoms with Crippen molar-refractivity contribution in [3.63, 3.8) is 0 Å². The molecule has 2 aromatic carbocycles. The lowest BCUT2D eigenvalue weighted by atomic mass is 10.2. The minimum atomic E-state index is -4.90. The summed E-state index contributed by atoms with van der Waals surface area (Å²) in [5.74, 6) is -0.576. The zero-order chi connectivity index (χ0) is 21.1. The monoisotopic (exact) mass is 425 g/mol. The number of alkyl halides is 3. The van der Waals surface area contributed by atoms with Crippen LogP contribution in [0.3, 0.4) is 0 Å². The van der Waals surface area contributed by atoms with Crippen LogP contribution in [0.15, 0.2) is 53.4 Å². The van der Waals surface area contributed by atoms with Gasteiger partial charge in [-0.05, 0) is 42.8 Å². The van der Waals surface area contributed by atoms with Gasteiger partial charge in [0.15, 0.2) is 0 Å². The molecule has 1 fully saturated rings. The first-order valence-corrected chi connectivity index (χ1v) is 10.2. The van der Waals surface area contributed by atoms with Crippen LogP contribution < -0.4 is 9.64 Å². The van der Waals surface area contributed by atoms with E-state index < -0.39 is 22.1 Å². The van der Waals surface area contributed by atoms with E-state index in [1.54, 1.807) is 24.3 Å². The van der Waals surface area contributed by atoms with Crippen molar-refractivity contribution in [3.05, 3.63) is 54.1 Å². The van der Waals surface area contributed by atoms with Crippen LogP contribution in [0, 0.1) is 11.3 Å². The molecule has 3 rings (SSSR count). The number of hydrogen-bond donors (Lipinski definition) is 0. The molecule has 0 radical (unpaired) electrons. The Morgan fingerprint density at radius 1 is 1.00 bits per heavy atom. The molecule has 0 unspecified atom stereocenters. The molecular formula is C19H18F3N3O3S. The number of halogens is 3. The number of nitriles is 1. The Hall–Kier alpha value is -2.77. The first kappa shape index (κ1) is 21.0. The molecule has 29 heavy (non-hydrogen) atoms. The average Bonchev–Trinajstić information content (AvgIpc) is 2.94. The third kappa shape index (κ3) is 5.19. The predicted molar refractivity (Wildman–Crippen MR) is 99.9 cm³/mol. The van der Waals surface area contributed by atoms with Crippen LogP contribution >= 0.6 is 0 Å². The van der Waals surface area contributed by atoms with E-state index in [9.17, 15) is 21.6 Å². The van der Waals surface area contributed by atoms with E-state index in [1.165, 1.54) is 16.4 Å². The number of rotatable bonds is 4. The van der Waals surface area contributed by atoms with Crippen molar-refractivity contribution in [1.29, 1.82) is 5.26 Å². The van der Waals surface area contributed by atoms with Crippen molar-refractivity contribution in [2.24, 2.45) is 0 Å². The molecule has 0 aromatic heterocycles. The van der Waals surface area contributed by atoms with Gasteiger partial charge in [0.2, 0.25) is 10.0 Å². The van der Waals surface area contributed by atoms with Gasteiger partial charge < -0.3 is 9.64 Å². The molecule has 1 saturated heterocycles. The summed E-state index contributed by atoms with van der Waals surface area (Å²) >= 11 is 0. The number of ether oxygens (including phenoxy) is 1. The van der Waals surface area contributed by atoms with Gasteiger partial charge >= 0.3 is 6.36 Å². The molecule has 2 aromatic rings. The Kier molecular flexibility index (Phi) is 6.00. The van der Waals surface area contributed by atoms with Crippen molar-refractivity contribution in [1.82, 2.24) is 4.31 Å². The van der Waals surface area contributed by atoms with E-state index in [0.29, 0.717) is 25.1 Å². The molecule has 154 valence electrons. The maximum Gasteiger partial charge on any atom is 0.573 e. The van der Waals surface area contributed by atoms with E-state index in [4.69, 9.17) is 5.26 Å². The minimum Gasteiger partial charge on any atom is -0.406 e. The molecule has 0 saturated carbocycles. The number of nitrogens with zero attached hydrogens (tertiary/aromatic N) is 3. The summed E-state index contributed by atoms with van der Waals surface area (Å²) in [6.07, 6.45) is -4.34. The smallest absolute Gasteiger partial charge is 0.406 e. The highest BCUT2D eigenvalue weighted by molar-refractivity contribution is 7.89. The highest BCUT2D eigenvalue weighted by Gasteiger charge is 2.32. The maximum absolute atomic E-state index is 12.9. The van der Waals surface area contributed by atoms with Crippen molar-refractivity contribution in [2.45, 2.75) is 17.7 Å². The van der Waals surface area contributed by atoms with Crippen LogP contribution in [0.1, 0.15) is 12.0 Å². The Labute approximate surface area is 166 Å². The second kappa shape index (κ2) is 8.31. The largest absolute Gasteiger partial charge is 0.573 e. The Morgan fingerprint density at radius 2 is 1.72 bits per heavy atom. The van der Waals surface area contributed by atoms with Crippen LogP contribution in [0.4, 0.5) is 18.9 Å². The number of anilines is 1. The van der Waals surface area contributed by atoms with Crippen LogP contribution in [-0.2, 0) is 10.0 Å². The highest BCUT2D eigenvalue weighted by Crippen LogP contribution is 2.27. The summed E-state index contributed by atoms with van der Waals surface area (Å²) < 4.78 is 68.2. The van der Waals surface area contributed by atoms with Crippen molar-refractivity contribution in [3.8, 4) is 11.8 Å². The molecule has 0 spiro atoms. The third-order valence-electron chi connectivity index (χ3n) is 4.49. The molecule has 1 heterocycles. The molecule has 6 nitrogen and oxygen atoms in total. The molecule has 0 aliphatic carbocycles. The number of benzene rings is 2.